The van der Waals surface area contributed by atoms with Gasteiger partial charge in [-0.25, -0.2) is 0 Å². The van der Waals surface area contributed by atoms with E-state index in [1.165, 1.54) is 5.56 Å². The second-order valence-electron chi connectivity index (χ2n) is 6.59. The molecule has 4 heteroatoms. The number of carboxylic acid groups (broad SMARTS) is 1. The van der Waals surface area contributed by atoms with Crippen LogP contribution in [-0.2, 0) is 4.79 Å². The van der Waals surface area contributed by atoms with E-state index in [0.717, 1.165) is 31.0 Å². The maximum Gasteiger partial charge on any atom is 0.309 e. The molecule has 1 aromatic rings. The lowest BCUT2D eigenvalue weighted by Gasteiger charge is -2.42. The Kier molecular flexibility index (Phi) is 4.95. The number of piperidine rings is 1. The van der Waals surface area contributed by atoms with Gasteiger partial charge in [-0.3, -0.25) is 9.69 Å². The number of benzene rings is 1. The van der Waals surface area contributed by atoms with Crippen molar-refractivity contribution in [3.8, 4) is 0 Å². The van der Waals surface area contributed by atoms with Gasteiger partial charge >= 0.3 is 5.97 Å². The van der Waals surface area contributed by atoms with E-state index in [9.17, 15) is 9.90 Å². The Morgan fingerprint density at radius 1 is 1.48 bits per heavy atom. The maximum atomic E-state index is 11.5. The first kappa shape index (κ1) is 16.3. The van der Waals surface area contributed by atoms with Crippen LogP contribution in [0.5, 0.6) is 0 Å². The molecular formula is C17H24ClNO2. The molecule has 1 aliphatic heterocycles. The van der Waals surface area contributed by atoms with Crippen LogP contribution >= 0.6 is 11.6 Å². The second-order valence-corrected chi connectivity index (χ2v) is 7.03. The molecule has 21 heavy (non-hydrogen) atoms. The molecule has 1 aliphatic rings. The molecule has 2 rings (SSSR count). The van der Waals surface area contributed by atoms with Gasteiger partial charge in [-0.15, -0.1) is 0 Å². The van der Waals surface area contributed by atoms with Gasteiger partial charge in [0.25, 0.3) is 0 Å². The number of likely N-dealkylation sites (tertiary alicyclic amines) is 1. The molecule has 116 valence electrons. The molecule has 0 radical (unpaired) electrons. The minimum absolute atomic E-state index is 0.186. The number of carbonyl (C=O) groups is 1. The van der Waals surface area contributed by atoms with Gasteiger partial charge in [0.15, 0.2) is 0 Å². The lowest BCUT2D eigenvalue weighted by Crippen LogP contribution is -2.45. The van der Waals surface area contributed by atoms with Crippen LogP contribution in [0.3, 0.4) is 0 Å². The first-order valence-corrected chi connectivity index (χ1v) is 7.93. The van der Waals surface area contributed by atoms with Gasteiger partial charge in [0.2, 0.25) is 0 Å². The van der Waals surface area contributed by atoms with Crippen molar-refractivity contribution in [2.45, 2.75) is 39.7 Å². The normalized spacial score (nSPS) is 22.0. The van der Waals surface area contributed by atoms with Crippen LogP contribution in [0.15, 0.2) is 24.3 Å². The SMILES string of the molecule is CC(c1cccc(Cl)c1)N1CCCC(C(C)(C)C(=O)O)C1. The monoisotopic (exact) mass is 309 g/mol. The van der Waals surface area contributed by atoms with Gasteiger partial charge in [-0.2, -0.15) is 0 Å². The van der Waals surface area contributed by atoms with Crippen LogP contribution < -0.4 is 0 Å². The molecular weight excluding hydrogens is 286 g/mol. The summed E-state index contributed by atoms with van der Waals surface area (Å²) in [5.74, 6) is -0.518. The summed E-state index contributed by atoms with van der Waals surface area (Å²) >= 11 is 6.07. The molecule has 0 amide bonds. The number of nitrogens with zero attached hydrogens (tertiary/aromatic N) is 1. The molecule has 2 atom stereocenters. The van der Waals surface area contributed by atoms with Gasteiger partial charge in [-0.1, -0.05) is 23.7 Å². The van der Waals surface area contributed by atoms with E-state index in [1.807, 2.05) is 32.0 Å². The van der Waals surface area contributed by atoms with Crippen LogP contribution in [0, 0.1) is 11.3 Å². The van der Waals surface area contributed by atoms with Crippen LogP contribution in [0.1, 0.15) is 45.2 Å². The Morgan fingerprint density at radius 3 is 2.81 bits per heavy atom. The Labute approximate surface area is 131 Å². The van der Waals surface area contributed by atoms with E-state index >= 15 is 0 Å². The standard InChI is InChI=1S/C17H24ClNO2/c1-12(13-6-4-8-15(18)10-13)19-9-5-7-14(11-19)17(2,3)16(20)21/h4,6,8,10,12,14H,5,7,9,11H2,1-3H3,(H,20,21). The number of hydrogen-bond donors (Lipinski definition) is 1. The van der Waals surface area contributed by atoms with Gasteiger partial charge in [0, 0.05) is 17.6 Å². The van der Waals surface area contributed by atoms with Crippen LogP contribution in [-0.4, -0.2) is 29.1 Å². The Morgan fingerprint density at radius 2 is 2.19 bits per heavy atom. The third kappa shape index (κ3) is 3.58. The third-order valence-corrected chi connectivity index (χ3v) is 5.14. The smallest absolute Gasteiger partial charge is 0.309 e. The number of aliphatic carboxylic acids is 1. The topological polar surface area (TPSA) is 40.5 Å². The maximum absolute atomic E-state index is 11.5. The quantitative estimate of drug-likeness (QED) is 0.905. The highest BCUT2D eigenvalue weighted by molar-refractivity contribution is 6.30. The van der Waals surface area contributed by atoms with Gasteiger partial charge in [-0.05, 0) is 63.8 Å². The molecule has 0 aromatic heterocycles. The summed E-state index contributed by atoms with van der Waals surface area (Å²) in [6.07, 6.45) is 2.03. The van der Waals surface area contributed by atoms with E-state index in [4.69, 9.17) is 11.6 Å². The second kappa shape index (κ2) is 6.37. The summed E-state index contributed by atoms with van der Waals surface area (Å²) in [5, 5.41) is 10.2. The summed E-state index contributed by atoms with van der Waals surface area (Å²) in [6, 6.07) is 8.19. The lowest BCUT2D eigenvalue weighted by molar-refractivity contribution is -0.151. The molecule has 2 unspecified atom stereocenters. The van der Waals surface area contributed by atoms with Crippen molar-refractivity contribution in [2.75, 3.05) is 13.1 Å². The highest BCUT2D eigenvalue weighted by Gasteiger charge is 2.39. The zero-order valence-corrected chi connectivity index (χ0v) is 13.7. The summed E-state index contributed by atoms with van der Waals surface area (Å²) < 4.78 is 0. The fourth-order valence-electron chi connectivity index (χ4n) is 3.10. The predicted octanol–water partition coefficient (Wildman–Crippen LogP) is 4.22. The summed E-state index contributed by atoms with van der Waals surface area (Å²) in [4.78, 5) is 13.9. The van der Waals surface area contributed by atoms with Crippen molar-refractivity contribution in [3.63, 3.8) is 0 Å². The molecule has 0 bridgehead atoms. The number of carboxylic acids is 1. The van der Waals surface area contributed by atoms with E-state index in [1.54, 1.807) is 0 Å². The van der Waals surface area contributed by atoms with Crippen molar-refractivity contribution in [3.05, 3.63) is 34.9 Å². The first-order chi connectivity index (χ1) is 9.82. The van der Waals surface area contributed by atoms with E-state index in [2.05, 4.69) is 17.9 Å². The molecule has 3 nitrogen and oxygen atoms in total. The predicted molar refractivity (Wildman–Crippen MR) is 85.6 cm³/mol. The van der Waals surface area contributed by atoms with Gasteiger partial charge in [0.05, 0.1) is 5.41 Å². The Hall–Kier alpha value is -1.06. The third-order valence-electron chi connectivity index (χ3n) is 4.90. The van der Waals surface area contributed by atoms with Crippen molar-refractivity contribution in [1.82, 2.24) is 4.90 Å². The summed E-state index contributed by atoms with van der Waals surface area (Å²) in [7, 11) is 0. The van der Waals surface area contributed by atoms with Crippen molar-refractivity contribution >= 4 is 17.6 Å². The molecule has 0 aliphatic carbocycles. The van der Waals surface area contributed by atoms with Crippen LogP contribution in [0.2, 0.25) is 5.02 Å². The molecule has 0 spiro atoms. The summed E-state index contributed by atoms with van der Waals surface area (Å²) in [6.45, 7) is 7.69. The first-order valence-electron chi connectivity index (χ1n) is 7.55. The molecule has 1 fully saturated rings. The molecule has 1 aromatic carbocycles. The average molecular weight is 310 g/mol. The molecule has 1 saturated heterocycles. The summed E-state index contributed by atoms with van der Waals surface area (Å²) in [5.41, 5.74) is 0.517. The molecule has 1 heterocycles. The van der Waals surface area contributed by atoms with E-state index in [0.29, 0.717) is 0 Å². The molecule has 0 saturated carbocycles. The fourth-order valence-corrected chi connectivity index (χ4v) is 3.30. The van der Waals surface area contributed by atoms with E-state index in [-0.39, 0.29) is 12.0 Å². The highest BCUT2D eigenvalue weighted by Crippen LogP contribution is 2.37. The van der Waals surface area contributed by atoms with Gasteiger partial charge in [0.1, 0.15) is 0 Å². The number of halogens is 1. The number of hydrogen-bond acceptors (Lipinski definition) is 2. The van der Waals surface area contributed by atoms with Crippen molar-refractivity contribution in [2.24, 2.45) is 11.3 Å². The van der Waals surface area contributed by atoms with Crippen LogP contribution in [0.25, 0.3) is 0 Å². The zero-order chi connectivity index (χ0) is 15.6. The van der Waals surface area contributed by atoms with Crippen molar-refractivity contribution in [1.29, 1.82) is 0 Å². The minimum Gasteiger partial charge on any atom is -0.481 e. The number of rotatable bonds is 4. The zero-order valence-electron chi connectivity index (χ0n) is 13.0. The lowest BCUT2D eigenvalue weighted by atomic mass is 9.74. The molecule has 1 N–H and O–H groups in total. The van der Waals surface area contributed by atoms with E-state index < -0.39 is 11.4 Å². The average Bonchev–Trinajstić information content (AvgIpc) is 2.46. The highest BCUT2D eigenvalue weighted by atomic mass is 35.5. The van der Waals surface area contributed by atoms with Gasteiger partial charge < -0.3 is 5.11 Å². The fraction of sp³-hybridized carbons (Fsp3) is 0.588. The van der Waals surface area contributed by atoms with Crippen LogP contribution in [0.4, 0.5) is 0 Å². The Bertz CT molecular complexity index is 515. The van der Waals surface area contributed by atoms with Crippen molar-refractivity contribution < 1.29 is 9.90 Å². The Balaban J connectivity index is 2.12. The minimum atomic E-state index is -0.704. The largest absolute Gasteiger partial charge is 0.481 e.